The van der Waals surface area contributed by atoms with E-state index < -0.39 is 0 Å². The van der Waals surface area contributed by atoms with Crippen molar-refractivity contribution in [2.24, 2.45) is 21.8 Å². The summed E-state index contributed by atoms with van der Waals surface area (Å²) in [6.45, 7) is 0. The predicted octanol–water partition coefficient (Wildman–Crippen LogP) is 3.39. The molecule has 4 N–H and O–H groups in total. The zero-order chi connectivity index (χ0) is 20.8. The van der Waals surface area contributed by atoms with Gasteiger partial charge in [0.1, 0.15) is 25.7 Å². The van der Waals surface area contributed by atoms with E-state index in [1.54, 1.807) is 19.2 Å². The maximum atomic E-state index is 5.86. The topological polar surface area (TPSA) is 130 Å². The molecule has 0 aliphatic rings. The summed E-state index contributed by atoms with van der Waals surface area (Å²) < 4.78 is 11.0. The smallest absolute Gasteiger partial charge is 0.170 e. The fraction of sp³-hybridized carbons (Fsp3) is 0.150. The van der Waals surface area contributed by atoms with Crippen molar-refractivity contribution in [1.29, 1.82) is 0 Å². The van der Waals surface area contributed by atoms with E-state index in [9.17, 15) is 0 Å². The number of hydrogen-bond donors (Lipinski definition) is 2. The van der Waals surface area contributed by atoms with Crippen molar-refractivity contribution in [3.05, 3.63) is 59.7 Å². The number of methoxy groups -OCH3 is 1. The van der Waals surface area contributed by atoms with Gasteiger partial charge in [0.05, 0.1) is 7.11 Å². The van der Waals surface area contributed by atoms with Crippen LogP contribution in [0.3, 0.4) is 0 Å². The molecule has 0 amide bonds. The average Bonchev–Trinajstić information content (AvgIpc) is 3.23. The Bertz CT molecular complexity index is 1050. The molecule has 0 aliphatic carbocycles. The van der Waals surface area contributed by atoms with Crippen molar-refractivity contribution in [3.63, 3.8) is 0 Å². The van der Waals surface area contributed by atoms with Crippen LogP contribution < -0.4 is 16.2 Å². The summed E-state index contributed by atoms with van der Waals surface area (Å²) in [7, 11) is 4.44. The molecule has 1 heterocycles. The molecule has 0 bridgehead atoms. The van der Waals surface area contributed by atoms with Gasteiger partial charge in [-0.3, -0.25) is 0 Å². The highest BCUT2D eigenvalue weighted by molar-refractivity contribution is 5.98. The second-order valence-corrected chi connectivity index (χ2v) is 5.89. The minimum atomic E-state index is 0. The summed E-state index contributed by atoms with van der Waals surface area (Å²) in [6.07, 6.45) is 0. The van der Waals surface area contributed by atoms with Crippen LogP contribution in [0, 0.1) is 0 Å². The zero-order valence-electron chi connectivity index (χ0n) is 17.1. The molecule has 3 rings (SSSR count). The average molecular weight is 468 g/mol. The van der Waals surface area contributed by atoms with Crippen LogP contribution in [0.15, 0.2) is 63.4 Å². The highest BCUT2D eigenvalue weighted by Gasteiger charge is 2.15. The molecule has 0 saturated carbocycles. The lowest BCUT2D eigenvalue weighted by atomic mass is 10.0. The molecule has 9 nitrogen and oxygen atoms in total. The third-order valence-electron chi connectivity index (χ3n) is 4.13. The normalized spacial score (nSPS) is 11.2. The van der Waals surface area contributed by atoms with Crippen LogP contribution in [-0.4, -0.2) is 38.2 Å². The van der Waals surface area contributed by atoms with E-state index in [0.29, 0.717) is 28.6 Å². The van der Waals surface area contributed by atoms with Crippen LogP contribution in [0.25, 0.3) is 22.6 Å². The Labute approximate surface area is 191 Å². The Morgan fingerprint density at radius 3 is 2.00 bits per heavy atom. The number of aromatic nitrogens is 1. The highest BCUT2D eigenvalue weighted by atomic mass is 35.5. The van der Waals surface area contributed by atoms with Gasteiger partial charge in [0.15, 0.2) is 17.4 Å². The van der Waals surface area contributed by atoms with Gasteiger partial charge in [-0.1, -0.05) is 45.8 Å². The first kappa shape index (κ1) is 25.6. The van der Waals surface area contributed by atoms with Gasteiger partial charge in [-0.05, 0) is 12.1 Å². The maximum Gasteiger partial charge on any atom is 0.170 e. The lowest BCUT2D eigenvalue weighted by Gasteiger charge is -2.08. The molecular formula is C20H23Cl2N5O4. The van der Waals surface area contributed by atoms with Crippen molar-refractivity contribution in [2.75, 3.05) is 21.3 Å². The zero-order valence-corrected chi connectivity index (χ0v) is 18.7. The van der Waals surface area contributed by atoms with Gasteiger partial charge in [-0.2, -0.15) is 0 Å². The van der Waals surface area contributed by atoms with Crippen molar-refractivity contribution in [2.45, 2.75) is 0 Å². The van der Waals surface area contributed by atoms with Gasteiger partial charge >= 0.3 is 0 Å². The number of benzene rings is 2. The Kier molecular flexibility index (Phi) is 9.65. The summed E-state index contributed by atoms with van der Waals surface area (Å²) in [4.78, 5) is 9.39. The van der Waals surface area contributed by atoms with Crippen LogP contribution in [0.2, 0.25) is 0 Å². The molecule has 0 unspecified atom stereocenters. The number of oxime groups is 2. The fourth-order valence-electron chi connectivity index (χ4n) is 2.71. The van der Waals surface area contributed by atoms with Crippen LogP contribution in [0.4, 0.5) is 0 Å². The molecule has 0 saturated heterocycles. The highest BCUT2D eigenvalue weighted by Crippen LogP contribution is 2.33. The predicted molar refractivity (Wildman–Crippen MR) is 124 cm³/mol. The summed E-state index contributed by atoms with van der Waals surface area (Å²) in [5, 5.41) is 11.6. The second kappa shape index (κ2) is 11.7. The summed E-state index contributed by atoms with van der Waals surface area (Å²) in [6, 6.07) is 14.6. The standard InChI is InChI=1S/C20H21N5O4.2ClH/c1-26-18-10-14(20(22)25-28-3)8-9-15(18)16-11-17(29-23-16)12-4-6-13(7-5-12)19(21)24-27-2;;/h4-11H,1-3H3,(H2,21,24)(H2,22,25);2*1H. The summed E-state index contributed by atoms with van der Waals surface area (Å²) >= 11 is 0. The molecule has 3 aromatic rings. The van der Waals surface area contributed by atoms with Crippen LogP contribution in [0.1, 0.15) is 11.1 Å². The minimum absolute atomic E-state index is 0. The third-order valence-corrected chi connectivity index (χ3v) is 4.13. The van der Waals surface area contributed by atoms with E-state index in [4.69, 9.17) is 25.6 Å². The number of ether oxygens (including phenoxy) is 1. The molecule has 2 aromatic carbocycles. The van der Waals surface area contributed by atoms with Crippen LogP contribution in [-0.2, 0) is 9.68 Å². The Hall–Kier alpha value is -3.43. The molecular weight excluding hydrogens is 445 g/mol. The minimum Gasteiger partial charge on any atom is -0.496 e. The number of rotatable bonds is 7. The van der Waals surface area contributed by atoms with E-state index in [1.165, 1.54) is 14.2 Å². The molecule has 0 aliphatic heterocycles. The monoisotopic (exact) mass is 467 g/mol. The summed E-state index contributed by atoms with van der Waals surface area (Å²) in [5.41, 5.74) is 15.3. The van der Waals surface area contributed by atoms with Gasteiger partial charge in [0, 0.05) is 28.3 Å². The van der Waals surface area contributed by atoms with Gasteiger partial charge in [0.2, 0.25) is 0 Å². The van der Waals surface area contributed by atoms with Crippen molar-refractivity contribution < 1.29 is 18.9 Å². The first-order valence-corrected chi connectivity index (χ1v) is 8.57. The maximum absolute atomic E-state index is 5.86. The number of halogens is 2. The lowest BCUT2D eigenvalue weighted by Crippen LogP contribution is -2.13. The fourth-order valence-corrected chi connectivity index (χ4v) is 2.71. The molecule has 0 fully saturated rings. The largest absolute Gasteiger partial charge is 0.496 e. The third kappa shape index (κ3) is 5.80. The number of hydrogen-bond acceptors (Lipinski definition) is 7. The Morgan fingerprint density at radius 1 is 0.839 bits per heavy atom. The van der Waals surface area contributed by atoms with Gasteiger partial charge in [-0.25, -0.2) is 0 Å². The van der Waals surface area contributed by atoms with E-state index in [0.717, 1.165) is 16.7 Å². The second-order valence-electron chi connectivity index (χ2n) is 5.89. The van der Waals surface area contributed by atoms with Gasteiger partial charge in [-0.15, -0.1) is 24.8 Å². The number of nitrogens with two attached hydrogens (primary N) is 2. The first-order chi connectivity index (χ1) is 14.1. The van der Waals surface area contributed by atoms with Crippen molar-refractivity contribution in [3.8, 4) is 28.3 Å². The Balaban J connectivity index is 0.00000240. The molecule has 11 heteroatoms. The SMILES string of the molecule is CO/N=C(\N)c1ccc(-c2cc(-c3ccc(/C(N)=N/OC)cc3OC)no2)cc1.Cl.Cl. The van der Waals surface area contributed by atoms with Gasteiger partial charge < -0.3 is 30.4 Å². The van der Waals surface area contributed by atoms with Crippen LogP contribution >= 0.6 is 24.8 Å². The molecule has 0 atom stereocenters. The van der Waals surface area contributed by atoms with E-state index in [1.807, 2.05) is 36.4 Å². The molecule has 31 heavy (non-hydrogen) atoms. The van der Waals surface area contributed by atoms with Crippen LogP contribution in [0.5, 0.6) is 5.75 Å². The quantitative estimate of drug-likeness (QED) is 0.309. The summed E-state index contributed by atoms with van der Waals surface area (Å²) in [5.74, 6) is 1.71. The molecule has 0 radical (unpaired) electrons. The molecule has 1 aromatic heterocycles. The number of nitrogens with zero attached hydrogens (tertiary/aromatic N) is 3. The van der Waals surface area contributed by atoms with E-state index >= 15 is 0 Å². The molecule has 166 valence electrons. The number of amidine groups is 2. The lowest BCUT2D eigenvalue weighted by molar-refractivity contribution is 0.213. The van der Waals surface area contributed by atoms with E-state index in [-0.39, 0.29) is 30.6 Å². The van der Waals surface area contributed by atoms with Crippen molar-refractivity contribution >= 4 is 36.5 Å². The first-order valence-electron chi connectivity index (χ1n) is 8.57. The Morgan fingerprint density at radius 2 is 1.42 bits per heavy atom. The van der Waals surface area contributed by atoms with Crippen molar-refractivity contribution in [1.82, 2.24) is 5.16 Å². The van der Waals surface area contributed by atoms with Gasteiger partial charge in [0.25, 0.3) is 0 Å². The van der Waals surface area contributed by atoms with E-state index in [2.05, 4.69) is 20.3 Å². The molecule has 0 spiro atoms.